The number of aromatic nitrogens is 2. The number of rotatable bonds is 6. The van der Waals surface area contributed by atoms with Gasteiger partial charge in [0.05, 0.1) is 24.5 Å². The van der Waals surface area contributed by atoms with Gasteiger partial charge in [-0.15, -0.1) is 0 Å². The molecule has 0 saturated carbocycles. The summed E-state index contributed by atoms with van der Waals surface area (Å²) in [5, 5.41) is 9.38. The van der Waals surface area contributed by atoms with Gasteiger partial charge in [-0.25, -0.2) is 9.78 Å². The van der Waals surface area contributed by atoms with Crippen LogP contribution in [-0.2, 0) is 4.74 Å². The van der Waals surface area contributed by atoms with Gasteiger partial charge in [0.1, 0.15) is 18.1 Å². The average molecular weight is 327 g/mol. The fourth-order valence-corrected chi connectivity index (χ4v) is 2.22. The van der Waals surface area contributed by atoms with E-state index in [-0.39, 0.29) is 6.61 Å². The van der Waals surface area contributed by atoms with Gasteiger partial charge in [0.2, 0.25) is 0 Å². The summed E-state index contributed by atoms with van der Waals surface area (Å²) in [4.78, 5) is 16.3. The van der Waals surface area contributed by atoms with E-state index >= 15 is 0 Å². The third kappa shape index (κ3) is 3.74. The highest BCUT2D eigenvalue weighted by Crippen LogP contribution is 2.24. The van der Waals surface area contributed by atoms with Crippen LogP contribution in [0.3, 0.4) is 0 Å². The Hall–Kier alpha value is -2.81. The smallest absolute Gasteiger partial charge is 0.357 e. The number of ether oxygens (including phenoxy) is 2. The van der Waals surface area contributed by atoms with Gasteiger partial charge >= 0.3 is 5.97 Å². The largest absolute Gasteiger partial charge is 0.492 e. The van der Waals surface area contributed by atoms with E-state index in [1.54, 1.807) is 42.9 Å². The number of imidazole rings is 1. The molecule has 0 aliphatic rings. The van der Waals surface area contributed by atoms with Crippen LogP contribution < -0.4 is 4.74 Å². The number of carbonyl (C=O) groups is 1. The normalized spacial score (nSPS) is 10.5. The highest BCUT2D eigenvalue weighted by atomic mass is 16.5. The predicted octanol–water partition coefficient (Wildman–Crippen LogP) is 3.26. The molecule has 0 aliphatic heterocycles. The van der Waals surface area contributed by atoms with Crippen molar-refractivity contribution in [3.05, 3.63) is 41.5 Å². The van der Waals surface area contributed by atoms with Gasteiger partial charge in [-0.2, -0.15) is 5.26 Å². The van der Waals surface area contributed by atoms with Gasteiger partial charge in [-0.1, -0.05) is 13.8 Å². The van der Waals surface area contributed by atoms with Crippen LogP contribution in [0.5, 0.6) is 5.75 Å². The molecular formula is C18H21N3O3. The lowest BCUT2D eigenvalue weighted by molar-refractivity contribution is 0.0516. The summed E-state index contributed by atoms with van der Waals surface area (Å²) in [5.74, 6) is 0.457. The van der Waals surface area contributed by atoms with Crippen molar-refractivity contribution in [2.45, 2.75) is 27.7 Å². The van der Waals surface area contributed by atoms with E-state index in [1.807, 2.05) is 13.8 Å². The van der Waals surface area contributed by atoms with Gasteiger partial charge < -0.3 is 9.47 Å². The first-order chi connectivity index (χ1) is 11.5. The number of nitrogens with zero attached hydrogens (tertiary/aromatic N) is 3. The lowest BCUT2D eigenvalue weighted by Crippen LogP contribution is -2.12. The Labute approximate surface area is 141 Å². The van der Waals surface area contributed by atoms with Crippen LogP contribution in [0.1, 0.15) is 42.5 Å². The molecule has 0 amide bonds. The second kappa shape index (κ2) is 7.64. The summed E-state index contributed by atoms with van der Waals surface area (Å²) < 4.78 is 12.4. The molecule has 0 unspecified atom stereocenters. The van der Waals surface area contributed by atoms with Gasteiger partial charge in [0.25, 0.3) is 0 Å². The molecular weight excluding hydrogens is 306 g/mol. The van der Waals surface area contributed by atoms with E-state index in [1.165, 1.54) is 0 Å². The third-order valence-corrected chi connectivity index (χ3v) is 3.35. The lowest BCUT2D eigenvalue weighted by Gasteiger charge is -2.13. The highest BCUT2D eigenvalue weighted by Gasteiger charge is 2.19. The van der Waals surface area contributed by atoms with E-state index in [9.17, 15) is 10.1 Å². The van der Waals surface area contributed by atoms with E-state index in [2.05, 4.69) is 11.1 Å². The zero-order valence-corrected chi connectivity index (χ0v) is 14.4. The van der Waals surface area contributed by atoms with Gasteiger partial charge in [-0.3, -0.25) is 4.57 Å². The van der Waals surface area contributed by atoms with Crippen LogP contribution in [0.25, 0.3) is 5.69 Å². The maximum absolute atomic E-state index is 12.1. The molecule has 1 aromatic carbocycles. The number of benzene rings is 1. The minimum absolute atomic E-state index is 0.287. The van der Waals surface area contributed by atoms with Crippen molar-refractivity contribution in [1.29, 1.82) is 5.26 Å². The molecule has 0 N–H and O–H groups in total. The fourth-order valence-electron chi connectivity index (χ4n) is 2.22. The monoisotopic (exact) mass is 327 g/mol. The predicted molar refractivity (Wildman–Crippen MR) is 89.3 cm³/mol. The molecule has 0 atom stereocenters. The van der Waals surface area contributed by atoms with Crippen molar-refractivity contribution in [2.24, 2.45) is 5.92 Å². The Morgan fingerprint density at radius 3 is 2.79 bits per heavy atom. The molecule has 0 bridgehead atoms. The Balaban J connectivity index is 2.40. The Morgan fingerprint density at radius 1 is 1.42 bits per heavy atom. The Kier molecular flexibility index (Phi) is 5.59. The van der Waals surface area contributed by atoms with Crippen LogP contribution in [0.2, 0.25) is 0 Å². The third-order valence-electron chi connectivity index (χ3n) is 3.35. The average Bonchev–Trinajstić information content (AvgIpc) is 2.94. The summed E-state index contributed by atoms with van der Waals surface area (Å²) in [6, 6.07) is 7.34. The Morgan fingerprint density at radius 2 is 2.17 bits per heavy atom. The van der Waals surface area contributed by atoms with Crippen LogP contribution in [0, 0.1) is 24.2 Å². The van der Waals surface area contributed by atoms with Gasteiger partial charge in [-0.05, 0) is 38.0 Å². The SMILES string of the molecule is CCOC(=O)c1c(C)ncn1-c1ccc(OCC(C)C)c(C#N)c1. The summed E-state index contributed by atoms with van der Waals surface area (Å²) >= 11 is 0. The van der Waals surface area contributed by atoms with Crippen LogP contribution in [0.4, 0.5) is 0 Å². The number of aryl methyl sites for hydroxylation is 1. The van der Waals surface area contributed by atoms with Crippen molar-refractivity contribution >= 4 is 5.97 Å². The minimum atomic E-state index is -0.439. The molecule has 6 heteroatoms. The number of carbonyl (C=O) groups excluding carboxylic acids is 1. The molecule has 0 aliphatic carbocycles. The first-order valence-corrected chi connectivity index (χ1v) is 7.86. The maximum Gasteiger partial charge on any atom is 0.357 e. The summed E-state index contributed by atoms with van der Waals surface area (Å²) in [6.45, 7) is 8.40. The second-order valence-corrected chi connectivity index (χ2v) is 5.77. The summed E-state index contributed by atoms with van der Waals surface area (Å²) in [7, 11) is 0. The summed E-state index contributed by atoms with van der Waals surface area (Å²) in [6.07, 6.45) is 1.55. The van der Waals surface area contributed by atoms with Crippen LogP contribution >= 0.6 is 0 Å². The standard InChI is InChI=1S/C18H21N3O3/c1-5-23-18(22)17-13(4)20-11-21(17)15-6-7-16(14(8-15)9-19)24-10-12(2)3/h6-8,11-12H,5,10H2,1-4H3. The molecule has 2 aromatic rings. The summed E-state index contributed by atoms with van der Waals surface area (Å²) in [5.41, 5.74) is 2.00. The molecule has 0 radical (unpaired) electrons. The zero-order chi connectivity index (χ0) is 17.7. The van der Waals surface area contributed by atoms with Crippen molar-refractivity contribution in [3.63, 3.8) is 0 Å². The molecule has 0 spiro atoms. The first-order valence-electron chi connectivity index (χ1n) is 7.86. The molecule has 24 heavy (non-hydrogen) atoms. The van der Waals surface area contributed by atoms with E-state index in [0.717, 1.165) is 0 Å². The molecule has 126 valence electrons. The van der Waals surface area contributed by atoms with Crippen LogP contribution in [-0.4, -0.2) is 28.7 Å². The lowest BCUT2D eigenvalue weighted by atomic mass is 10.1. The second-order valence-electron chi connectivity index (χ2n) is 5.77. The molecule has 1 heterocycles. The number of esters is 1. The van der Waals surface area contributed by atoms with E-state index in [4.69, 9.17) is 9.47 Å². The minimum Gasteiger partial charge on any atom is -0.492 e. The quantitative estimate of drug-likeness (QED) is 0.761. The number of hydrogen-bond donors (Lipinski definition) is 0. The number of hydrogen-bond acceptors (Lipinski definition) is 5. The van der Waals surface area contributed by atoms with Crippen molar-refractivity contribution in [1.82, 2.24) is 9.55 Å². The maximum atomic E-state index is 12.1. The topological polar surface area (TPSA) is 77.1 Å². The molecule has 0 saturated heterocycles. The Bertz CT molecular complexity index is 772. The van der Waals surface area contributed by atoms with Crippen molar-refractivity contribution < 1.29 is 14.3 Å². The molecule has 2 rings (SSSR count). The fraction of sp³-hybridized carbons (Fsp3) is 0.389. The molecule has 6 nitrogen and oxygen atoms in total. The van der Waals surface area contributed by atoms with Gasteiger partial charge in [0, 0.05) is 5.69 Å². The first kappa shape index (κ1) is 17.5. The molecule has 1 aromatic heterocycles. The van der Waals surface area contributed by atoms with Crippen LogP contribution in [0.15, 0.2) is 24.5 Å². The number of nitriles is 1. The highest BCUT2D eigenvalue weighted by molar-refractivity contribution is 5.89. The van der Waals surface area contributed by atoms with E-state index in [0.29, 0.717) is 40.9 Å². The van der Waals surface area contributed by atoms with Gasteiger partial charge in [0.15, 0.2) is 5.69 Å². The zero-order valence-electron chi connectivity index (χ0n) is 14.4. The van der Waals surface area contributed by atoms with E-state index < -0.39 is 5.97 Å². The van der Waals surface area contributed by atoms with Crippen molar-refractivity contribution in [3.8, 4) is 17.5 Å². The van der Waals surface area contributed by atoms with Crippen molar-refractivity contribution in [2.75, 3.05) is 13.2 Å². The molecule has 0 fully saturated rings.